The van der Waals surface area contributed by atoms with E-state index in [4.69, 9.17) is 0 Å². The smallest absolute Gasteiger partial charge is 0.00462 e. The highest BCUT2D eigenvalue weighted by molar-refractivity contribution is 5.14. The van der Waals surface area contributed by atoms with Gasteiger partial charge in [0.2, 0.25) is 0 Å². The highest BCUT2D eigenvalue weighted by atomic mass is 14.9. The lowest BCUT2D eigenvalue weighted by atomic mass is 9.85. The van der Waals surface area contributed by atoms with Gasteiger partial charge in [-0.25, -0.2) is 0 Å². The van der Waals surface area contributed by atoms with Crippen molar-refractivity contribution in [3.8, 4) is 0 Å². The molecule has 2 rings (SSSR count). The number of aryl methyl sites for hydroxylation is 1. The minimum Gasteiger partial charge on any atom is -0.317 e. The molecule has 0 aliphatic carbocycles. The number of hydrogen-bond donors (Lipinski definition) is 1. The molecule has 1 saturated heterocycles. The Morgan fingerprint density at radius 2 is 1.88 bits per heavy atom. The molecule has 0 saturated carbocycles. The lowest BCUT2D eigenvalue weighted by molar-refractivity contribution is 0.326. The monoisotopic (exact) mass is 217 g/mol. The first-order valence-electron chi connectivity index (χ1n) is 6.61. The van der Waals surface area contributed by atoms with E-state index in [1.807, 2.05) is 0 Å². The van der Waals surface area contributed by atoms with Crippen LogP contribution in [0.4, 0.5) is 0 Å². The van der Waals surface area contributed by atoms with Gasteiger partial charge in [-0.3, -0.25) is 0 Å². The first-order valence-corrected chi connectivity index (χ1v) is 6.61. The van der Waals surface area contributed by atoms with Crippen molar-refractivity contribution >= 4 is 0 Å². The molecule has 1 N–H and O–H groups in total. The van der Waals surface area contributed by atoms with Crippen LogP contribution in [0.5, 0.6) is 0 Å². The summed E-state index contributed by atoms with van der Waals surface area (Å²) >= 11 is 0. The molecule has 1 fully saturated rings. The van der Waals surface area contributed by atoms with Crippen LogP contribution in [0, 0.1) is 11.8 Å². The van der Waals surface area contributed by atoms with E-state index in [9.17, 15) is 0 Å². The second-order valence-corrected chi connectivity index (χ2v) is 5.09. The minimum absolute atomic E-state index is 0.888. The first kappa shape index (κ1) is 11.7. The Labute approximate surface area is 99.3 Å². The van der Waals surface area contributed by atoms with Gasteiger partial charge in [-0.15, -0.1) is 0 Å². The van der Waals surface area contributed by atoms with Gasteiger partial charge in [-0.05, 0) is 56.2 Å². The van der Waals surface area contributed by atoms with Crippen LogP contribution in [-0.4, -0.2) is 13.1 Å². The van der Waals surface area contributed by atoms with Crippen molar-refractivity contribution in [2.24, 2.45) is 11.8 Å². The SMILES string of the molecule is CC1CCNCCC1CCc1ccccc1. The standard InChI is InChI=1S/C15H23N/c1-13-9-11-16-12-10-15(13)8-7-14-5-3-2-4-6-14/h2-6,13,15-16H,7-12H2,1H3. The van der Waals surface area contributed by atoms with Gasteiger partial charge in [0.1, 0.15) is 0 Å². The van der Waals surface area contributed by atoms with E-state index in [-0.39, 0.29) is 0 Å². The van der Waals surface area contributed by atoms with E-state index in [0.29, 0.717) is 0 Å². The predicted molar refractivity (Wildman–Crippen MR) is 69.5 cm³/mol. The fraction of sp³-hybridized carbons (Fsp3) is 0.600. The van der Waals surface area contributed by atoms with Crippen molar-refractivity contribution in [2.75, 3.05) is 13.1 Å². The second-order valence-electron chi connectivity index (χ2n) is 5.09. The van der Waals surface area contributed by atoms with Gasteiger partial charge in [-0.1, -0.05) is 37.3 Å². The molecule has 1 aliphatic heterocycles. The topological polar surface area (TPSA) is 12.0 Å². The zero-order chi connectivity index (χ0) is 11.2. The van der Waals surface area contributed by atoms with Crippen LogP contribution in [0.15, 0.2) is 30.3 Å². The van der Waals surface area contributed by atoms with E-state index in [1.165, 1.54) is 44.3 Å². The summed E-state index contributed by atoms with van der Waals surface area (Å²) in [6.07, 6.45) is 5.30. The van der Waals surface area contributed by atoms with E-state index in [2.05, 4.69) is 42.6 Å². The fourth-order valence-corrected chi connectivity index (χ4v) is 2.69. The summed E-state index contributed by atoms with van der Waals surface area (Å²) in [5.74, 6) is 1.80. The Kier molecular flexibility index (Phi) is 4.41. The van der Waals surface area contributed by atoms with Gasteiger partial charge < -0.3 is 5.32 Å². The Morgan fingerprint density at radius 3 is 2.69 bits per heavy atom. The van der Waals surface area contributed by atoms with Crippen molar-refractivity contribution < 1.29 is 0 Å². The molecule has 2 unspecified atom stereocenters. The molecule has 0 radical (unpaired) electrons. The molecule has 2 atom stereocenters. The third-order valence-corrected chi connectivity index (χ3v) is 3.92. The van der Waals surface area contributed by atoms with E-state index < -0.39 is 0 Å². The quantitative estimate of drug-likeness (QED) is 0.819. The van der Waals surface area contributed by atoms with Gasteiger partial charge in [0.05, 0.1) is 0 Å². The molecule has 1 heteroatoms. The number of hydrogen-bond acceptors (Lipinski definition) is 1. The third kappa shape index (κ3) is 3.34. The van der Waals surface area contributed by atoms with Crippen LogP contribution in [0.3, 0.4) is 0 Å². The average Bonchev–Trinajstić information content (AvgIpc) is 2.53. The molecule has 0 spiro atoms. The summed E-state index contributed by atoms with van der Waals surface area (Å²) in [7, 11) is 0. The number of benzene rings is 1. The van der Waals surface area contributed by atoms with E-state index in [0.717, 1.165) is 11.8 Å². The molecular formula is C15H23N. The molecule has 1 heterocycles. The molecule has 1 aromatic rings. The summed E-state index contributed by atoms with van der Waals surface area (Å²) in [6, 6.07) is 10.9. The van der Waals surface area contributed by atoms with Crippen LogP contribution in [-0.2, 0) is 6.42 Å². The highest BCUT2D eigenvalue weighted by Crippen LogP contribution is 2.25. The van der Waals surface area contributed by atoms with Crippen molar-refractivity contribution in [3.05, 3.63) is 35.9 Å². The van der Waals surface area contributed by atoms with Gasteiger partial charge in [0, 0.05) is 0 Å². The zero-order valence-corrected chi connectivity index (χ0v) is 10.3. The van der Waals surface area contributed by atoms with Gasteiger partial charge >= 0.3 is 0 Å². The predicted octanol–water partition coefficient (Wildman–Crippen LogP) is 3.25. The molecule has 16 heavy (non-hydrogen) atoms. The average molecular weight is 217 g/mol. The maximum atomic E-state index is 3.51. The Bertz CT molecular complexity index is 294. The lowest BCUT2D eigenvalue weighted by Gasteiger charge is -2.20. The summed E-state index contributed by atoms with van der Waals surface area (Å²) in [6.45, 7) is 4.84. The Balaban J connectivity index is 1.84. The highest BCUT2D eigenvalue weighted by Gasteiger charge is 2.19. The van der Waals surface area contributed by atoms with Crippen molar-refractivity contribution in [3.63, 3.8) is 0 Å². The van der Waals surface area contributed by atoms with Crippen LogP contribution < -0.4 is 5.32 Å². The lowest BCUT2D eigenvalue weighted by Crippen LogP contribution is -2.14. The molecule has 1 aliphatic rings. The largest absolute Gasteiger partial charge is 0.317 e. The van der Waals surface area contributed by atoms with Crippen molar-refractivity contribution in [1.29, 1.82) is 0 Å². The number of nitrogens with one attached hydrogen (secondary N) is 1. The van der Waals surface area contributed by atoms with Crippen LogP contribution in [0.1, 0.15) is 31.7 Å². The maximum absolute atomic E-state index is 3.51. The second kappa shape index (κ2) is 6.05. The van der Waals surface area contributed by atoms with E-state index in [1.54, 1.807) is 0 Å². The van der Waals surface area contributed by atoms with Gasteiger partial charge in [-0.2, -0.15) is 0 Å². The number of rotatable bonds is 3. The van der Waals surface area contributed by atoms with Crippen LogP contribution >= 0.6 is 0 Å². The third-order valence-electron chi connectivity index (χ3n) is 3.92. The van der Waals surface area contributed by atoms with E-state index >= 15 is 0 Å². The molecule has 1 nitrogen and oxygen atoms in total. The van der Waals surface area contributed by atoms with Crippen molar-refractivity contribution in [1.82, 2.24) is 5.32 Å². The summed E-state index contributed by atoms with van der Waals surface area (Å²) in [4.78, 5) is 0. The van der Waals surface area contributed by atoms with Crippen molar-refractivity contribution in [2.45, 2.75) is 32.6 Å². The summed E-state index contributed by atoms with van der Waals surface area (Å²) in [5.41, 5.74) is 1.49. The Hall–Kier alpha value is -0.820. The molecule has 1 aromatic carbocycles. The minimum atomic E-state index is 0.888. The molecule has 0 aromatic heterocycles. The van der Waals surface area contributed by atoms with Gasteiger partial charge in [0.15, 0.2) is 0 Å². The molecule has 88 valence electrons. The summed E-state index contributed by atoms with van der Waals surface area (Å²) in [5, 5.41) is 3.51. The summed E-state index contributed by atoms with van der Waals surface area (Å²) < 4.78 is 0. The fourth-order valence-electron chi connectivity index (χ4n) is 2.69. The Morgan fingerprint density at radius 1 is 1.12 bits per heavy atom. The molecule has 0 bridgehead atoms. The first-order chi connectivity index (χ1) is 7.86. The zero-order valence-electron chi connectivity index (χ0n) is 10.3. The van der Waals surface area contributed by atoms with Gasteiger partial charge in [0.25, 0.3) is 0 Å². The molecule has 0 amide bonds. The van der Waals surface area contributed by atoms with Crippen LogP contribution in [0.25, 0.3) is 0 Å². The van der Waals surface area contributed by atoms with Crippen LogP contribution in [0.2, 0.25) is 0 Å². The molecular weight excluding hydrogens is 194 g/mol. The maximum Gasteiger partial charge on any atom is -0.00462 e. The normalized spacial score (nSPS) is 26.3.